The number of hydrogen-bond acceptors (Lipinski definition) is 7. The van der Waals surface area contributed by atoms with E-state index in [2.05, 4.69) is 30.4 Å². The van der Waals surface area contributed by atoms with Gasteiger partial charge in [-0.25, -0.2) is 0 Å². The Kier molecular flexibility index (Phi) is 2.82. The number of piperidine rings is 1. The molecule has 5 rings (SSSR count). The predicted octanol–water partition coefficient (Wildman–Crippen LogP) is 1.77. The minimum absolute atomic E-state index is 0.366. The van der Waals surface area contributed by atoms with Gasteiger partial charge in [0.15, 0.2) is 5.65 Å². The summed E-state index contributed by atoms with van der Waals surface area (Å²) in [4.78, 5) is 2.29. The summed E-state index contributed by atoms with van der Waals surface area (Å²) in [5, 5.41) is 20.9. The molecule has 3 aromatic heterocycles. The van der Waals surface area contributed by atoms with Crippen molar-refractivity contribution in [2.75, 3.05) is 18.0 Å². The molecule has 8 heteroatoms. The third kappa shape index (κ3) is 2.34. The lowest BCUT2D eigenvalue weighted by Gasteiger charge is -2.31. The van der Waals surface area contributed by atoms with Gasteiger partial charge in [-0.2, -0.15) is 4.52 Å². The molecular formula is C15H17N7O. The highest BCUT2D eigenvalue weighted by molar-refractivity contribution is 5.45. The molecule has 2 aliphatic rings. The lowest BCUT2D eigenvalue weighted by Crippen LogP contribution is -2.33. The molecule has 2 fully saturated rings. The number of rotatable bonds is 3. The van der Waals surface area contributed by atoms with E-state index < -0.39 is 0 Å². The smallest absolute Gasteiger partial charge is 0.219 e. The van der Waals surface area contributed by atoms with E-state index in [0.717, 1.165) is 49.2 Å². The summed E-state index contributed by atoms with van der Waals surface area (Å²) in [5.41, 5.74) is 0.766. The molecule has 0 radical (unpaired) electrons. The zero-order valence-electron chi connectivity index (χ0n) is 12.7. The van der Waals surface area contributed by atoms with Crippen molar-refractivity contribution in [1.29, 1.82) is 0 Å². The maximum absolute atomic E-state index is 5.86. The van der Waals surface area contributed by atoms with Crippen LogP contribution in [0.3, 0.4) is 0 Å². The van der Waals surface area contributed by atoms with Crippen LogP contribution in [0.25, 0.3) is 5.65 Å². The Morgan fingerprint density at radius 3 is 2.39 bits per heavy atom. The second kappa shape index (κ2) is 5.00. The number of aromatic nitrogens is 6. The Balaban J connectivity index is 1.29. The predicted molar refractivity (Wildman–Crippen MR) is 81.2 cm³/mol. The fourth-order valence-corrected chi connectivity index (χ4v) is 3.15. The molecule has 1 aliphatic heterocycles. The van der Waals surface area contributed by atoms with E-state index in [1.165, 1.54) is 12.8 Å². The first-order valence-corrected chi connectivity index (χ1v) is 8.12. The van der Waals surface area contributed by atoms with Gasteiger partial charge in [-0.1, -0.05) is 0 Å². The molecule has 0 unspecified atom stereocenters. The van der Waals surface area contributed by atoms with E-state index in [9.17, 15) is 0 Å². The normalized spacial score (nSPS) is 19.6. The van der Waals surface area contributed by atoms with Crippen LogP contribution in [-0.4, -0.2) is 43.1 Å². The molecule has 0 amide bonds. The van der Waals surface area contributed by atoms with Gasteiger partial charge in [-0.15, -0.1) is 25.5 Å². The second-order valence-corrected chi connectivity index (χ2v) is 6.34. The molecule has 4 heterocycles. The average Bonchev–Trinajstić information content (AvgIpc) is 3.14. The maximum atomic E-state index is 5.86. The molecule has 8 nitrogen and oxygen atoms in total. The third-order valence-corrected chi connectivity index (χ3v) is 4.70. The van der Waals surface area contributed by atoms with Gasteiger partial charge < -0.3 is 9.32 Å². The Labute approximate surface area is 132 Å². The molecule has 0 aromatic carbocycles. The summed E-state index contributed by atoms with van der Waals surface area (Å²) in [7, 11) is 0. The molecule has 1 saturated carbocycles. The van der Waals surface area contributed by atoms with Crippen LogP contribution in [0.5, 0.6) is 0 Å². The van der Waals surface area contributed by atoms with Crippen molar-refractivity contribution in [2.24, 2.45) is 0 Å². The average molecular weight is 311 g/mol. The van der Waals surface area contributed by atoms with Gasteiger partial charge >= 0.3 is 0 Å². The van der Waals surface area contributed by atoms with Gasteiger partial charge in [0.1, 0.15) is 12.1 Å². The summed E-state index contributed by atoms with van der Waals surface area (Å²) in [5.74, 6) is 3.50. The zero-order chi connectivity index (χ0) is 15.2. The summed E-state index contributed by atoms with van der Waals surface area (Å²) in [6, 6.07) is 3.95. The van der Waals surface area contributed by atoms with Crippen molar-refractivity contribution in [3.8, 4) is 0 Å². The van der Waals surface area contributed by atoms with Gasteiger partial charge in [0.05, 0.1) is 0 Å². The van der Waals surface area contributed by atoms with Gasteiger partial charge in [0.2, 0.25) is 11.8 Å². The molecule has 0 N–H and O–H groups in total. The van der Waals surface area contributed by atoms with Crippen LogP contribution < -0.4 is 4.90 Å². The SMILES string of the molecule is c1cc2nncn2nc1N1CCC(c2nnc(C3CC3)o2)CC1. The number of anilines is 1. The van der Waals surface area contributed by atoms with Crippen molar-refractivity contribution in [2.45, 2.75) is 37.5 Å². The van der Waals surface area contributed by atoms with Crippen LogP contribution >= 0.6 is 0 Å². The lowest BCUT2D eigenvalue weighted by molar-refractivity contribution is 0.375. The van der Waals surface area contributed by atoms with Crippen molar-refractivity contribution in [3.63, 3.8) is 0 Å². The number of fused-ring (bicyclic) bond motifs is 1. The number of hydrogen-bond donors (Lipinski definition) is 0. The standard InChI is InChI=1S/C15H17N7O/c1-2-10(1)14-18-19-15(23-14)11-5-7-21(8-6-11)13-4-3-12-17-16-9-22(12)20-13/h3-4,9-11H,1-2,5-8H2. The van der Waals surface area contributed by atoms with E-state index in [-0.39, 0.29) is 0 Å². The van der Waals surface area contributed by atoms with E-state index >= 15 is 0 Å². The highest BCUT2D eigenvalue weighted by atomic mass is 16.4. The third-order valence-electron chi connectivity index (χ3n) is 4.70. The minimum Gasteiger partial charge on any atom is -0.425 e. The second-order valence-electron chi connectivity index (χ2n) is 6.34. The van der Waals surface area contributed by atoms with E-state index in [1.54, 1.807) is 10.8 Å². The van der Waals surface area contributed by atoms with E-state index in [4.69, 9.17) is 4.42 Å². The first kappa shape index (κ1) is 13.0. The van der Waals surface area contributed by atoms with E-state index in [0.29, 0.717) is 11.8 Å². The highest BCUT2D eigenvalue weighted by Crippen LogP contribution is 2.40. The Bertz CT molecular complexity index is 829. The van der Waals surface area contributed by atoms with Crippen LogP contribution in [0.2, 0.25) is 0 Å². The van der Waals surface area contributed by atoms with Gasteiger partial charge in [-0.3, -0.25) is 0 Å². The molecule has 0 atom stereocenters. The fraction of sp³-hybridized carbons (Fsp3) is 0.533. The largest absolute Gasteiger partial charge is 0.425 e. The topological polar surface area (TPSA) is 85.2 Å². The van der Waals surface area contributed by atoms with E-state index in [1.807, 2.05) is 12.1 Å². The molecule has 1 saturated heterocycles. The van der Waals surface area contributed by atoms with Crippen LogP contribution in [0.4, 0.5) is 5.82 Å². The minimum atomic E-state index is 0.366. The quantitative estimate of drug-likeness (QED) is 0.728. The van der Waals surface area contributed by atoms with Crippen molar-refractivity contribution in [1.82, 2.24) is 30.0 Å². The molecular weight excluding hydrogens is 294 g/mol. The molecule has 118 valence electrons. The molecule has 1 aliphatic carbocycles. The summed E-state index contributed by atoms with van der Waals surface area (Å²) in [6.07, 6.45) is 6.03. The number of nitrogens with zero attached hydrogens (tertiary/aromatic N) is 7. The lowest BCUT2D eigenvalue weighted by atomic mass is 9.97. The zero-order valence-corrected chi connectivity index (χ0v) is 12.7. The Morgan fingerprint density at radius 1 is 0.913 bits per heavy atom. The van der Waals surface area contributed by atoms with Crippen LogP contribution in [0.1, 0.15) is 49.3 Å². The van der Waals surface area contributed by atoms with Gasteiger partial charge in [0.25, 0.3) is 0 Å². The molecule has 0 spiro atoms. The van der Waals surface area contributed by atoms with Gasteiger partial charge in [0, 0.05) is 24.9 Å². The highest BCUT2D eigenvalue weighted by Gasteiger charge is 2.31. The van der Waals surface area contributed by atoms with Crippen molar-refractivity contribution in [3.05, 3.63) is 30.2 Å². The maximum Gasteiger partial charge on any atom is 0.219 e. The first-order valence-electron chi connectivity index (χ1n) is 8.12. The molecule has 23 heavy (non-hydrogen) atoms. The molecule has 0 bridgehead atoms. The summed E-state index contributed by atoms with van der Waals surface area (Å²) < 4.78 is 7.57. The van der Waals surface area contributed by atoms with Crippen LogP contribution in [0.15, 0.2) is 22.9 Å². The Morgan fingerprint density at radius 2 is 1.65 bits per heavy atom. The fourth-order valence-electron chi connectivity index (χ4n) is 3.15. The summed E-state index contributed by atoms with van der Waals surface area (Å²) in [6.45, 7) is 1.87. The monoisotopic (exact) mass is 311 g/mol. The summed E-state index contributed by atoms with van der Waals surface area (Å²) >= 11 is 0. The van der Waals surface area contributed by atoms with Crippen LogP contribution in [0, 0.1) is 0 Å². The Hall–Kier alpha value is -2.51. The van der Waals surface area contributed by atoms with Crippen molar-refractivity contribution >= 4 is 11.5 Å². The first-order chi connectivity index (χ1) is 11.4. The van der Waals surface area contributed by atoms with Gasteiger partial charge in [-0.05, 0) is 37.8 Å². The van der Waals surface area contributed by atoms with Crippen LogP contribution in [-0.2, 0) is 0 Å². The van der Waals surface area contributed by atoms with Crippen molar-refractivity contribution < 1.29 is 4.42 Å². The molecule has 3 aromatic rings.